The number of benzene rings is 1. The van der Waals surface area contributed by atoms with Gasteiger partial charge in [-0.3, -0.25) is 9.78 Å². The molecule has 0 fully saturated rings. The van der Waals surface area contributed by atoms with Crippen LogP contribution in [-0.2, 0) is 0 Å². The van der Waals surface area contributed by atoms with Crippen LogP contribution >= 0.6 is 0 Å². The number of nitrogen functional groups attached to an aromatic ring is 1. The number of aryl methyl sites for hydroxylation is 1. The highest BCUT2D eigenvalue weighted by Gasteiger charge is 2.19. The van der Waals surface area contributed by atoms with E-state index < -0.39 is 0 Å². The maximum Gasteiger partial charge on any atom is 0.254 e. The number of amides is 1. The molecule has 0 aliphatic carbocycles. The molecule has 1 unspecified atom stereocenters. The number of rotatable bonds is 3. The van der Waals surface area contributed by atoms with Crippen molar-refractivity contribution in [3.05, 3.63) is 59.4 Å². The summed E-state index contributed by atoms with van der Waals surface area (Å²) >= 11 is 0. The van der Waals surface area contributed by atoms with Gasteiger partial charge in [0.1, 0.15) is 0 Å². The molecule has 1 aromatic heterocycles. The lowest BCUT2D eigenvalue weighted by atomic mass is 10.1. The van der Waals surface area contributed by atoms with Crippen molar-refractivity contribution in [2.24, 2.45) is 0 Å². The SMILES string of the molecule is Cc1cc(C(=O)N(C)C(C)c2cccc(N)c2)ccn1. The standard InChI is InChI=1S/C16H19N3O/c1-11-9-14(7-8-18-11)16(20)19(3)12(2)13-5-4-6-15(17)10-13/h4-10,12H,17H2,1-3H3. The number of nitrogens with zero attached hydrogens (tertiary/aromatic N) is 2. The molecule has 0 radical (unpaired) electrons. The van der Waals surface area contributed by atoms with Crippen molar-refractivity contribution in [2.75, 3.05) is 12.8 Å². The van der Waals surface area contributed by atoms with E-state index in [0.29, 0.717) is 11.3 Å². The van der Waals surface area contributed by atoms with E-state index in [1.807, 2.05) is 38.1 Å². The highest BCUT2D eigenvalue weighted by Crippen LogP contribution is 2.22. The van der Waals surface area contributed by atoms with Gasteiger partial charge in [0.25, 0.3) is 5.91 Å². The van der Waals surface area contributed by atoms with Gasteiger partial charge >= 0.3 is 0 Å². The molecule has 2 N–H and O–H groups in total. The van der Waals surface area contributed by atoms with Gasteiger partial charge < -0.3 is 10.6 Å². The van der Waals surface area contributed by atoms with Gasteiger partial charge in [-0.1, -0.05) is 12.1 Å². The molecule has 1 amide bonds. The van der Waals surface area contributed by atoms with Gasteiger partial charge in [-0.25, -0.2) is 0 Å². The number of carbonyl (C=O) groups is 1. The summed E-state index contributed by atoms with van der Waals surface area (Å²) in [5.74, 6) is -0.0228. The Morgan fingerprint density at radius 3 is 2.70 bits per heavy atom. The zero-order valence-electron chi connectivity index (χ0n) is 12.0. The quantitative estimate of drug-likeness (QED) is 0.872. The second-order valence-electron chi connectivity index (χ2n) is 4.95. The Labute approximate surface area is 119 Å². The summed E-state index contributed by atoms with van der Waals surface area (Å²) in [4.78, 5) is 18.3. The molecule has 104 valence electrons. The van der Waals surface area contributed by atoms with E-state index in [-0.39, 0.29) is 11.9 Å². The van der Waals surface area contributed by atoms with E-state index >= 15 is 0 Å². The Bertz CT molecular complexity index is 625. The van der Waals surface area contributed by atoms with Crippen LogP contribution in [0.2, 0.25) is 0 Å². The van der Waals surface area contributed by atoms with Gasteiger partial charge in [0.2, 0.25) is 0 Å². The number of pyridine rings is 1. The predicted octanol–water partition coefficient (Wildman–Crippen LogP) is 2.81. The first-order valence-corrected chi connectivity index (χ1v) is 6.54. The monoisotopic (exact) mass is 269 g/mol. The fraction of sp³-hybridized carbons (Fsp3) is 0.250. The fourth-order valence-corrected chi connectivity index (χ4v) is 2.10. The van der Waals surface area contributed by atoms with Crippen LogP contribution in [0.1, 0.15) is 34.6 Å². The highest BCUT2D eigenvalue weighted by atomic mass is 16.2. The molecule has 4 heteroatoms. The summed E-state index contributed by atoms with van der Waals surface area (Å²) in [6.07, 6.45) is 1.65. The first-order chi connectivity index (χ1) is 9.49. The minimum Gasteiger partial charge on any atom is -0.399 e. The average molecular weight is 269 g/mol. The molecule has 1 atom stereocenters. The van der Waals surface area contributed by atoms with Gasteiger partial charge in [0, 0.05) is 30.2 Å². The van der Waals surface area contributed by atoms with Crippen molar-refractivity contribution < 1.29 is 4.79 Å². The molecule has 0 aliphatic heterocycles. The zero-order chi connectivity index (χ0) is 14.7. The Morgan fingerprint density at radius 2 is 2.05 bits per heavy atom. The number of aromatic nitrogens is 1. The summed E-state index contributed by atoms with van der Waals surface area (Å²) in [6, 6.07) is 11.1. The third kappa shape index (κ3) is 2.96. The Hall–Kier alpha value is -2.36. The molecular formula is C16H19N3O. The second-order valence-corrected chi connectivity index (χ2v) is 4.95. The van der Waals surface area contributed by atoms with Gasteiger partial charge in [0.15, 0.2) is 0 Å². The summed E-state index contributed by atoms with van der Waals surface area (Å²) in [5.41, 5.74) is 9.00. The average Bonchev–Trinajstić information content (AvgIpc) is 2.45. The van der Waals surface area contributed by atoms with Gasteiger partial charge in [-0.05, 0) is 43.7 Å². The summed E-state index contributed by atoms with van der Waals surface area (Å²) in [5, 5.41) is 0. The Kier molecular flexibility index (Phi) is 4.03. The normalized spacial score (nSPS) is 11.9. The van der Waals surface area contributed by atoms with Crippen molar-refractivity contribution in [3.8, 4) is 0 Å². The molecule has 2 aromatic rings. The molecule has 1 aromatic carbocycles. The second kappa shape index (κ2) is 5.74. The maximum atomic E-state index is 12.5. The topological polar surface area (TPSA) is 59.2 Å². The highest BCUT2D eigenvalue weighted by molar-refractivity contribution is 5.94. The van der Waals surface area contributed by atoms with Crippen molar-refractivity contribution in [1.82, 2.24) is 9.88 Å². The number of hydrogen-bond acceptors (Lipinski definition) is 3. The van der Waals surface area contributed by atoms with E-state index in [4.69, 9.17) is 5.73 Å². The fourth-order valence-electron chi connectivity index (χ4n) is 2.10. The third-order valence-electron chi connectivity index (χ3n) is 3.44. The zero-order valence-corrected chi connectivity index (χ0v) is 12.0. The molecule has 4 nitrogen and oxygen atoms in total. The van der Waals surface area contributed by atoms with Crippen LogP contribution in [0, 0.1) is 6.92 Å². The summed E-state index contributed by atoms with van der Waals surface area (Å²) in [6.45, 7) is 3.86. The first-order valence-electron chi connectivity index (χ1n) is 6.54. The molecule has 0 spiro atoms. The summed E-state index contributed by atoms with van der Waals surface area (Å²) < 4.78 is 0. The van der Waals surface area contributed by atoms with Crippen LogP contribution in [0.4, 0.5) is 5.69 Å². The van der Waals surface area contributed by atoms with Crippen LogP contribution in [0.25, 0.3) is 0 Å². The lowest BCUT2D eigenvalue weighted by Crippen LogP contribution is -2.29. The van der Waals surface area contributed by atoms with E-state index in [9.17, 15) is 4.79 Å². The third-order valence-corrected chi connectivity index (χ3v) is 3.44. The Morgan fingerprint density at radius 1 is 1.30 bits per heavy atom. The van der Waals surface area contributed by atoms with Gasteiger partial charge in [0.05, 0.1) is 6.04 Å². The minimum absolute atomic E-state index is 0.0228. The molecule has 0 bridgehead atoms. The lowest BCUT2D eigenvalue weighted by Gasteiger charge is -2.25. The van der Waals surface area contributed by atoms with E-state index in [0.717, 1.165) is 11.3 Å². The van der Waals surface area contributed by atoms with Crippen molar-refractivity contribution in [1.29, 1.82) is 0 Å². The molecular weight excluding hydrogens is 250 g/mol. The van der Waals surface area contributed by atoms with E-state index in [1.165, 1.54) is 0 Å². The predicted molar refractivity (Wildman–Crippen MR) is 80.3 cm³/mol. The molecule has 0 saturated heterocycles. The maximum absolute atomic E-state index is 12.5. The smallest absolute Gasteiger partial charge is 0.254 e. The van der Waals surface area contributed by atoms with Gasteiger partial charge in [-0.15, -0.1) is 0 Å². The van der Waals surface area contributed by atoms with Crippen LogP contribution in [0.5, 0.6) is 0 Å². The van der Waals surface area contributed by atoms with Gasteiger partial charge in [-0.2, -0.15) is 0 Å². The molecule has 0 saturated carbocycles. The van der Waals surface area contributed by atoms with E-state index in [1.54, 1.807) is 30.3 Å². The molecule has 0 aliphatic rings. The number of hydrogen-bond donors (Lipinski definition) is 1. The van der Waals surface area contributed by atoms with Crippen LogP contribution < -0.4 is 5.73 Å². The van der Waals surface area contributed by atoms with Crippen molar-refractivity contribution in [2.45, 2.75) is 19.9 Å². The van der Waals surface area contributed by atoms with Crippen LogP contribution in [-0.4, -0.2) is 22.8 Å². The molecule has 1 heterocycles. The minimum atomic E-state index is -0.0422. The summed E-state index contributed by atoms with van der Waals surface area (Å²) in [7, 11) is 1.80. The number of carbonyl (C=O) groups excluding carboxylic acids is 1. The first kappa shape index (κ1) is 14.1. The number of nitrogens with two attached hydrogens (primary N) is 1. The lowest BCUT2D eigenvalue weighted by molar-refractivity contribution is 0.0742. The van der Waals surface area contributed by atoms with E-state index in [2.05, 4.69) is 4.98 Å². The van der Waals surface area contributed by atoms with Crippen molar-refractivity contribution >= 4 is 11.6 Å². The Balaban J connectivity index is 2.22. The number of anilines is 1. The largest absolute Gasteiger partial charge is 0.399 e. The molecule has 20 heavy (non-hydrogen) atoms. The van der Waals surface area contributed by atoms with Crippen LogP contribution in [0.15, 0.2) is 42.6 Å². The molecule has 2 rings (SSSR count). The van der Waals surface area contributed by atoms with Crippen molar-refractivity contribution in [3.63, 3.8) is 0 Å². The van der Waals surface area contributed by atoms with Crippen LogP contribution in [0.3, 0.4) is 0 Å².